The van der Waals surface area contributed by atoms with Gasteiger partial charge in [-0.3, -0.25) is 4.90 Å². The smallest absolute Gasteiger partial charge is 0.0968 e. The van der Waals surface area contributed by atoms with E-state index < -0.39 is 0 Å². The molecule has 3 nitrogen and oxygen atoms in total. The van der Waals surface area contributed by atoms with Crippen LogP contribution in [-0.2, 0) is 6.54 Å². The summed E-state index contributed by atoms with van der Waals surface area (Å²) in [7, 11) is 0. The summed E-state index contributed by atoms with van der Waals surface area (Å²) < 4.78 is 0. The largest absolute Gasteiger partial charge is 0.399 e. The molecule has 3 rings (SSSR count). The number of rotatable bonds is 3. The van der Waals surface area contributed by atoms with E-state index in [4.69, 9.17) is 5.73 Å². The molecule has 0 radical (unpaired) electrons. The Hall–Kier alpha value is -1.39. The van der Waals surface area contributed by atoms with Crippen molar-refractivity contribution in [1.29, 1.82) is 0 Å². The lowest BCUT2D eigenvalue weighted by atomic mass is 9.98. The van der Waals surface area contributed by atoms with Gasteiger partial charge in [0.25, 0.3) is 0 Å². The Morgan fingerprint density at radius 2 is 2.37 bits per heavy atom. The van der Waals surface area contributed by atoms with E-state index in [2.05, 4.69) is 27.4 Å². The third-order valence-corrected chi connectivity index (χ3v) is 4.60. The van der Waals surface area contributed by atoms with Gasteiger partial charge in [-0.1, -0.05) is 12.1 Å². The number of hydrogen-bond acceptors (Lipinski definition) is 4. The Balaban J connectivity index is 1.65. The molecule has 0 bridgehead atoms. The van der Waals surface area contributed by atoms with Crippen molar-refractivity contribution in [2.75, 3.05) is 18.8 Å². The fraction of sp³-hybridized carbons (Fsp3) is 0.400. The van der Waals surface area contributed by atoms with E-state index in [-0.39, 0.29) is 0 Å². The molecule has 1 aliphatic heterocycles. The Labute approximate surface area is 118 Å². The molecular formula is C15H19N3S. The molecule has 0 spiro atoms. The number of hydrogen-bond donors (Lipinski definition) is 1. The fourth-order valence-electron chi connectivity index (χ4n) is 2.79. The minimum absolute atomic E-state index is 0.606. The average Bonchev–Trinajstić information content (AvgIpc) is 2.93. The van der Waals surface area contributed by atoms with Crippen LogP contribution in [-0.4, -0.2) is 23.0 Å². The summed E-state index contributed by atoms with van der Waals surface area (Å²) >= 11 is 1.78. The van der Waals surface area contributed by atoms with E-state index in [1.54, 1.807) is 11.3 Å². The zero-order chi connectivity index (χ0) is 13.1. The third-order valence-electron chi connectivity index (χ3n) is 3.66. The van der Waals surface area contributed by atoms with E-state index in [1.165, 1.54) is 30.0 Å². The van der Waals surface area contributed by atoms with Crippen LogP contribution < -0.4 is 5.73 Å². The normalized spacial score (nSPS) is 20.5. The molecule has 2 N–H and O–H groups in total. The lowest BCUT2D eigenvalue weighted by Crippen LogP contribution is -2.33. The summed E-state index contributed by atoms with van der Waals surface area (Å²) in [6, 6.07) is 8.21. The zero-order valence-corrected chi connectivity index (χ0v) is 11.8. The first-order valence-corrected chi connectivity index (χ1v) is 7.65. The molecule has 2 aromatic rings. The number of nitrogens with zero attached hydrogens (tertiary/aromatic N) is 2. The van der Waals surface area contributed by atoms with Gasteiger partial charge < -0.3 is 5.73 Å². The van der Waals surface area contributed by atoms with Gasteiger partial charge in [0.2, 0.25) is 0 Å². The number of likely N-dealkylation sites (tertiary alicyclic amines) is 1. The standard InChI is InChI=1S/C15H19N3S/c16-14-5-1-3-12(9-14)10-18-7-2-4-13(11-18)15-17-6-8-19-15/h1,3,5-6,8-9,13H,2,4,7,10-11,16H2. The van der Waals surface area contributed by atoms with Crippen LogP contribution in [0.5, 0.6) is 0 Å². The highest BCUT2D eigenvalue weighted by atomic mass is 32.1. The predicted octanol–water partition coefficient (Wildman–Crippen LogP) is 3.10. The molecule has 1 saturated heterocycles. The molecule has 1 fully saturated rings. The molecule has 1 aromatic heterocycles. The fourth-order valence-corrected chi connectivity index (χ4v) is 3.55. The van der Waals surface area contributed by atoms with Crippen LogP contribution in [0.25, 0.3) is 0 Å². The van der Waals surface area contributed by atoms with Crippen molar-refractivity contribution in [3.05, 3.63) is 46.4 Å². The van der Waals surface area contributed by atoms with E-state index in [0.717, 1.165) is 18.8 Å². The van der Waals surface area contributed by atoms with Crippen molar-refractivity contribution in [3.63, 3.8) is 0 Å². The Bertz CT molecular complexity index is 524. The van der Waals surface area contributed by atoms with Gasteiger partial charge >= 0.3 is 0 Å². The number of thiazole rings is 1. The lowest BCUT2D eigenvalue weighted by molar-refractivity contribution is 0.200. The quantitative estimate of drug-likeness (QED) is 0.874. The number of aromatic nitrogens is 1. The summed E-state index contributed by atoms with van der Waals surface area (Å²) in [5.41, 5.74) is 8.00. The second kappa shape index (κ2) is 5.72. The molecule has 1 atom stereocenters. The van der Waals surface area contributed by atoms with Gasteiger partial charge in [-0.15, -0.1) is 11.3 Å². The van der Waals surface area contributed by atoms with Crippen LogP contribution in [0, 0.1) is 0 Å². The predicted molar refractivity (Wildman–Crippen MR) is 80.2 cm³/mol. The average molecular weight is 273 g/mol. The highest BCUT2D eigenvalue weighted by molar-refractivity contribution is 7.09. The molecule has 0 amide bonds. The third kappa shape index (κ3) is 3.14. The van der Waals surface area contributed by atoms with E-state index >= 15 is 0 Å². The van der Waals surface area contributed by atoms with Gasteiger partial charge in [0.15, 0.2) is 0 Å². The van der Waals surface area contributed by atoms with Crippen LogP contribution >= 0.6 is 11.3 Å². The molecule has 4 heteroatoms. The van der Waals surface area contributed by atoms with E-state index in [0.29, 0.717) is 5.92 Å². The minimum atomic E-state index is 0.606. The SMILES string of the molecule is Nc1cccc(CN2CCCC(c3nccs3)C2)c1. The topological polar surface area (TPSA) is 42.1 Å². The van der Waals surface area contributed by atoms with Crippen LogP contribution in [0.15, 0.2) is 35.8 Å². The Morgan fingerprint density at radius 3 is 3.16 bits per heavy atom. The Kier molecular flexibility index (Phi) is 3.80. The molecule has 19 heavy (non-hydrogen) atoms. The molecule has 0 saturated carbocycles. The van der Waals surface area contributed by atoms with Crippen molar-refractivity contribution in [2.24, 2.45) is 0 Å². The summed E-state index contributed by atoms with van der Waals surface area (Å²) in [6.07, 6.45) is 4.43. The first-order valence-electron chi connectivity index (χ1n) is 6.77. The second-order valence-electron chi connectivity index (χ2n) is 5.19. The maximum atomic E-state index is 5.84. The summed E-state index contributed by atoms with van der Waals surface area (Å²) in [5, 5.41) is 3.36. The van der Waals surface area contributed by atoms with Crippen molar-refractivity contribution in [3.8, 4) is 0 Å². The van der Waals surface area contributed by atoms with Crippen molar-refractivity contribution >= 4 is 17.0 Å². The minimum Gasteiger partial charge on any atom is -0.399 e. The highest BCUT2D eigenvalue weighted by Gasteiger charge is 2.22. The van der Waals surface area contributed by atoms with Crippen molar-refractivity contribution < 1.29 is 0 Å². The number of nitrogens with two attached hydrogens (primary N) is 1. The first kappa shape index (κ1) is 12.6. The highest BCUT2D eigenvalue weighted by Crippen LogP contribution is 2.28. The number of piperidine rings is 1. The number of benzene rings is 1. The van der Waals surface area contributed by atoms with E-state index in [9.17, 15) is 0 Å². The summed E-state index contributed by atoms with van der Waals surface area (Å²) in [5.74, 6) is 0.606. The molecule has 1 aromatic carbocycles. The zero-order valence-electron chi connectivity index (χ0n) is 11.0. The molecule has 1 aliphatic rings. The van der Waals surface area contributed by atoms with Crippen LogP contribution in [0.4, 0.5) is 5.69 Å². The second-order valence-corrected chi connectivity index (χ2v) is 6.12. The summed E-state index contributed by atoms with van der Waals surface area (Å²) in [4.78, 5) is 6.99. The van der Waals surface area contributed by atoms with Crippen molar-refractivity contribution in [1.82, 2.24) is 9.88 Å². The van der Waals surface area contributed by atoms with Crippen LogP contribution in [0.1, 0.15) is 29.3 Å². The van der Waals surface area contributed by atoms with Gasteiger partial charge in [-0.05, 0) is 37.1 Å². The first-order chi connectivity index (χ1) is 9.31. The molecule has 0 aliphatic carbocycles. The molecular weight excluding hydrogens is 254 g/mol. The summed E-state index contributed by atoms with van der Waals surface area (Å²) in [6.45, 7) is 3.28. The molecule has 2 heterocycles. The van der Waals surface area contributed by atoms with Gasteiger partial charge in [0, 0.05) is 36.3 Å². The lowest BCUT2D eigenvalue weighted by Gasteiger charge is -2.31. The maximum Gasteiger partial charge on any atom is 0.0968 e. The van der Waals surface area contributed by atoms with Crippen molar-refractivity contribution in [2.45, 2.75) is 25.3 Å². The van der Waals surface area contributed by atoms with Crippen LogP contribution in [0.3, 0.4) is 0 Å². The maximum absolute atomic E-state index is 5.84. The van der Waals surface area contributed by atoms with Gasteiger partial charge in [0.05, 0.1) is 5.01 Å². The van der Waals surface area contributed by atoms with Gasteiger partial charge in [0.1, 0.15) is 0 Å². The Morgan fingerprint density at radius 1 is 1.42 bits per heavy atom. The van der Waals surface area contributed by atoms with Gasteiger partial charge in [-0.25, -0.2) is 4.98 Å². The number of nitrogen functional groups attached to an aromatic ring is 1. The monoisotopic (exact) mass is 273 g/mol. The molecule has 100 valence electrons. The van der Waals surface area contributed by atoms with Crippen LogP contribution in [0.2, 0.25) is 0 Å². The van der Waals surface area contributed by atoms with E-state index in [1.807, 2.05) is 18.3 Å². The van der Waals surface area contributed by atoms with Gasteiger partial charge in [-0.2, -0.15) is 0 Å². The number of anilines is 1. The molecule has 1 unspecified atom stereocenters.